The molecule has 0 radical (unpaired) electrons. The van der Waals surface area contributed by atoms with Gasteiger partial charge in [-0.1, -0.05) is 6.07 Å². The van der Waals surface area contributed by atoms with Crippen LogP contribution < -0.4 is 11.0 Å². The Hall–Kier alpha value is -2.96. The second kappa shape index (κ2) is 4.96. The van der Waals surface area contributed by atoms with Crippen LogP contribution in [-0.4, -0.2) is 24.9 Å². The van der Waals surface area contributed by atoms with Gasteiger partial charge in [-0.2, -0.15) is 4.98 Å². The Kier molecular flexibility index (Phi) is 3.00. The van der Waals surface area contributed by atoms with Crippen molar-refractivity contribution in [3.05, 3.63) is 58.9 Å². The maximum absolute atomic E-state index is 11.6. The highest BCUT2D eigenvalue weighted by molar-refractivity contribution is 5.86. The largest absolute Gasteiger partial charge is 0.422 e. The molecule has 2 N–H and O–H groups in total. The van der Waals surface area contributed by atoms with E-state index in [9.17, 15) is 10.0 Å². The zero-order valence-electron chi connectivity index (χ0n) is 10.4. The summed E-state index contributed by atoms with van der Waals surface area (Å²) in [7, 11) is 0. The van der Waals surface area contributed by atoms with E-state index in [4.69, 9.17) is 0 Å². The number of hydrogen-bond donors (Lipinski definition) is 2. The molecule has 0 spiro atoms. The summed E-state index contributed by atoms with van der Waals surface area (Å²) in [4.78, 5) is 23.4. The van der Waals surface area contributed by atoms with Gasteiger partial charge in [0.25, 0.3) is 0 Å². The highest BCUT2D eigenvalue weighted by atomic mass is 16.5. The number of pyridine rings is 2. The molecule has 0 fully saturated rings. The van der Waals surface area contributed by atoms with Crippen molar-refractivity contribution in [3.63, 3.8) is 0 Å². The third-order valence-corrected chi connectivity index (χ3v) is 2.81. The number of fused-ring (bicyclic) bond motifs is 1. The second-order valence-corrected chi connectivity index (χ2v) is 4.14. The molecule has 0 amide bonds. The van der Waals surface area contributed by atoms with Gasteiger partial charge in [-0.15, -0.1) is 4.73 Å². The molecule has 0 aliphatic heterocycles. The number of hydrogen-bond acceptors (Lipinski definition) is 6. The van der Waals surface area contributed by atoms with Gasteiger partial charge in [0.2, 0.25) is 0 Å². The third kappa shape index (κ3) is 2.16. The second-order valence-electron chi connectivity index (χ2n) is 4.14. The van der Waals surface area contributed by atoms with Crippen LogP contribution in [0.3, 0.4) is 0 Å². The normalized spacial score (nSPS) is 10.6. The molecule has 3 aromatic heterocycles. The van der Waals surface area contributed by atoms with Crippen LogP contribution in [0.5, 0.6) is 0 Å². The average molecular weight is 269 g/mol. The fraction of sp³-hybridized carbons (Fsp3) is 0.0769. The minimum absolute atomic E-state index is 0.168. The molecule has 3 rings (SSSR count). The van der Waals surface area contributed by atoms with E-state index in [0.717, 1.165) is 5.56 Å². The summed E-state index contributed by atoms with van der Waals surface area (Å²) < 4.78 is 0.435. The van der Waals surface area contributed by atoms with E-state index in [2.05, 4.69) is 20.3 Å². The first kappa shape index (κ1) is 12.1. The Morgan fingerprint density at radius 3 is 2.90 bits per heavy atom. The van der Waals surface area contributed by atoms with Crippen molar-refractivity contribution in [3.8, 4) is 0 Å². The van der Waals surface area contributed by atoms with E-state index in [-0.39, 0.29) is 5.65 Å². The Labute approximate surface area is 113 Å². The zero-order chi connectivity index (χ0) is 13.9. The van der Waals surface area contributed by atoms with Gasteiger partial charge in [-0.25, -0.2) is 9.78 Å². The Bertz CT molecular complexity index is 801. The van der Waals surface area contributed by atoms with E-state index in [1.807, 2.05) is 12.1 Å². The minimum atomic E-state index is -0.773. The molecular weight excluding hydrogens is 258 g/mol. The van der Waals surface area contributed by atoms with Gasteiger partial charge >= 0.3 is 5.69 Å². The molecule has 0 saturated heterocycles. The average Bonchev–Trinajstić information content (AvgIpc) is 2.50. The number of nitrogens with zero attached hydrogens (tertiary/aromatic N) is 4. The molecule has 7 heteroatoms. The van der Waals surface area contributed by atoms with E-state index in [1.54, 1.807) is 24.5 Å². The lowest BCUT2D eigenvalue weighted by Crippen LogP contribution is -2.23. The molecule has 0 atom stereocenters. The predicted octanol–water partition coefficient (Wildman–Crippen LogP) is 1.04. The standard InChI is InChI=1S/C13H11N5O2/c19-13-17-11(16-8-9-3-1-5-14-7-9)10-4-2-6-15-12(10)18(13)20/h1-7,20H,8H2,(H,16,17,19). The Morgan fingerprint density at radius 1 is 1.25 bits per heavy atom. The summed E-state index contributed by atoms with van der Waals surface area (Å²) in [5.74, 6) is 0.382. The monoisotopic (exact) mass is 269 g/mol. The number of rotatable bonds is 3. The van der Waals surface area contributed by atoms with Crippen molar-refractivity contribution in [2.24, 2.45) is 0 Å². The van der Waals surface area contributed by atoms with Crippen molar-refractivity contribution in [1.29, 1.82) is 0 Å². The first-order valence-corrected chi connectivity index (χ1v) is 5.95. The van der Waals surface area contributed by atoms with Gasteiger partial charge in [0.1, 0.15) is 5.82 Å². The Balaban J connectivity index is 2.00. The summed E-state index contributed by atoms with van der Waals surface area (Å²) in [6.45, 7) is 0.472. The minimum Gasteiger partial charge on any atom is -0.422 e. The SMILES string of the molecule is O=c1nc(NCc2cccnc2)c2cccnc2n1O. The number of anilines is 1. The third-order valence-electron chi connectivity index (χ3n) is 2.81. The zero-order valence-corrected chi connectivity index (χ0v) is 10.4. The predicted molar refractivity (Wildman–Crippen MR) is 72.5 cm³/mol. The molecule has 0 saturated carbocycles. The maximum Gasteiger partial charge on any atom is 0.384 e. The van der Waals surface area contributed by atoms with Crippen LogP contribution in [0.1, 0.15) is 5.56 Å². The lowest BCUT2D eigenvalue weighted by Gasteiger charge is -2.09. The summed E-state index contributed by atoms with van der Waals surface area (Å²) in [5, 5.41) is 13.2. The van der Waals surface area contributed by atoms with Gasteiger partial charge in [-0.3, -0.25) is 4.98 Å². The van der Waals surface area contributed by atoms with Crippen LogP contribution in [0.4, 0.5) is 5.82 Å². The first-order chi connectivity index (χ1) is 9.75. The summed E-state index contributed by atoms with van der Waals surface area (Å²) >= 11 is 0. The molecule has 0 unspecified atom stereocenters. The molecule has 0 aliphatic carbocycles. The van der Waals surface area contributed by atoms with Crippen molar-refractivity contribution in [2.45, 2.75) is 6.54 Å². The molecular formula is C13H11N5O2. The van der Waals surface area contributed by atoms with Crippen LogP contribution in [0.2, 0.25) is 0 Å². The molecule has 3 heterocycles. The van der Waals surface area contributed by atoms with Gasteiger partial charge in [0.15, 0.2) is 5.65 Å². The molecule has 20 heavy (non-hydrogen) atoms. The number of aromatic nitrogens is 4. The highest BCUT2D eigenvalue weighted by Crippen LogP contribution is 2.17. The van der Waals surface area contributed by atoms with Crippen LogP contribution in [0.15, 0.2) is 47.7 Å². The fourth-order valence-electron chi connectivity index (χ4n) is 1.87. The van der Waals surface area contributed by atoms with Crippen molar-refractivity contribution < 1.29 is 5.21 Å². The van der Waals surface area contributed by atoms with Gasteiger partial charge in [0.05, 0.1) is 5.39 Å². The molecule has 7 nitrogen and oxygen atoms in total. The molecule has 100 valence electrons. The van der Waals surface area contributed by atoms with Gasteiger partial charge in [0, 0.05) is 25.1 Å². The maximum atomic E-state index is 11.6. The van der Waals surface area contributed by atoms with Crippen LogP contribution >= 0.6 is 0 Å². The highest BCUT2D eigenvalue weighted by Gasteiger charge is 2.10. The van der Waals surface area contributed by atoms with Gasteiger partial charge < -0.3 is 10.5 Å². The fourth-order valence-corrected chi connectivity index (χ4v) is 1.87. The first-order valence-electron chi connectivity index (χ1n) is 5.95. The summed E-state index contributed by atoms with van der Waals surface area (Å²) in [6, 6.07) is 7.18. The molecule has 3 aromatic rings. The van der Waals surface area contributed by atoms with E-state index >= 15 is 0 Å². The van der Waals surface area contributed by atoms with Crippen LogP contribution in [0.25, 0.3) is 11.0 Å². The van der Waals surface area contributed by atoms with E-state index in [1.165, 1.54) is 6.20 Å². The van der Waals surface area contributed by atoms with Crippen molar-refractivity contribution >= 4 is 16.9 Å². The van der Waals surface area contributed by atoms with E-state index in [0.29, 0.717) is 22.5 Å². The summed E-state index contributed by atoms with van der Waals surface area (Å²) in [5.41, 5.74) is 0.352. The van der Waals surface area contributed by atoms with Crippen molar-refractivity contribution in [2.75, 3.05) is 5.32 Å². The topological polar surface area (TPSA) is 92.9 Å². The molecule has 0 aromatic carbocycles. The van der Waals surface area contributed by atoms with Crippen LogP contribution in [0, 0.1) is 0 Å². The quantitative estimate of drug-likeness (QED) is 0.690. The molecule has 0 bridgehead atoms. The van der Waals surface area contributed by atoms with Crippen molar-refractivity contribution in [1.82, 2.24) is 19.7 Å². The van der Waals surface area contributed by atoms with E-state index < -0.39 is 5.69 Å². The summed E-state index contributed by atoms with van der Waals surface area (Å²) in [6.07, 6.45) is 4.91. The van der Waals surface area contributed by atoms with Gasteiger partial charge in [-0.05, 0) is 23.8 Å². The van der Waals surface area contributed by atoms with Crippen LogP contribution in [-0.2, 0) is 6.54 Å². The lowest BCUT2D eigenvalue weighted by atomic mass is 10.2. The Morgan fingerprint density at radius 2 is 2.10 bits per heavy atom. The smallest absolute Gasteiger partial charge is 0.384 e. The lowest BCUT2D eigenvalue weighted by molar-refractivity contribution is 0.182. The molecule has 0 aliphatic rings. The number of nitrogens with one attached hydrogen (secondary N) is 1.